The molecule has 18 heavy (non-hydrogen) atoms. The average Bonchev–Trinajstić information content (AvgIpc) is 2.95. The molecule has 0 radical (unpaired) electrons. The molecule has 4 atom stereocenters. The van der Waals surface area contributed by atoms with E-state index in [1.54, 1.807) is 0 Å². The van der Waals surface area contributed by atoms with Gasteiger partial charge in [0, 0.05) is 19.1 Å². The van der Waals surface area contributed by atoms with Gasteiger partial charge in [-0.3, -0.25) is 10.1 Å². The van der Waals surface area contributed by atoms with Gasteiger partial charge in [-0.1, -0.05) is 20.8 Å². The van der Waals surface area contributed by atoms with E-state index in [0.29, 0.717) is 12.0 Å². The first-order chi connectivity index (χ1) is 8.71. The van der Waals surface area contributed by atoms with E-state index in [1.807, 2.05) is 0 Å². The fourth-order valence-corrected chi connectivity index (χ4v) is 3.20. The summed E-state index contributed by atoms with van der Waals surface area (Å²) in [6.07, 6.45) is 4.57. The van der Waals surface area contributed by atoms with Crippen molar-refractivity contribution in [2.24, 2.45) is 5.92 Å². The number of carbonyl (C=O) groups is 1. The zero-order chi connectivity index (χ0) is 13.1. The van der Waals surface area contributed by atoms with E-state index in [4.69, 9.17) is 4.74 Å². The van der Waals surface area contributed by atoms with E-state index in [9.17, 15) is 4.79 Å². The molecule has 2 aliphatic heterocycles. The molecule has 4 nitrogen and oxygen atoms in total. The van der Waals surface area contributed by atoms with Crippen LogP contribution in [-0.4, -0.2) is 42.3 Å². The van der Waals surface area contributed by atoms with Gasteiger partial charge in [0.1, 0.15) is 0 Å². The second kappa shape index (κ2) is 6.02. The SMILES string of the molecule is CCC1NC(CC)N(CC2CCOC2CC)C1=O. The molecule has 2 fully saturated rings. The number of nitrogens with zero attached hydrogens (tertiary/aromatic N) is 1. The summed E-state index contributed by atoms with van der Waals surface area (Å²) < 4.78 is 5.72. The van der Waals surface area contributed by atoms with Gasteiger partial charge in [-0.15, -0.1) is 0 Å². The molecule has 0 saturated carbocycles. The van der Waals surface area contributed by atoms with Crippen molar-refractivity contribution in [3.8, 4) is 0 Å². The van der Waals surface area contributed by atoms with Gasteiger partial charge in [0.2, 0.25) is 5.91 Å². The fourth-order valence-electron chi connectivity index (χ4n) is 3.20. The normalized spacial score (nSPS) is 36.6. The highest BCUT2D eigenvalue weighted by Crippen LogP contribution is 2.27. The van der Waals surface area contributed by atoms with Crippen molar-refractivity contribution in [1.82, 2.24) is 10.2 Å². The van der Waals surface area contributed by atoms with E-state index >= 15 is 0 Å². The van der Waals surface area contributed by atoms with Gasteiger partial charge in [-0.05, 0) is 25.7 Å². The number of hydrogen-bond acceptors (Lipinski definition) is 3. The highest BCUT2D eigenvalue weighted by atomic mass is 16.5. The van der Waals surface area contributed by atoms with Crippen molar-refractivity contribution in [3.63, 3.8) is 0 Å². The third kappa shape index (κ3) is 2.54. The number of hydrogen-bond donors (Lipinski definition) is 1. The van der Waals surface area contributed by atoms with Crippen LogP contribution in [0.25, 0.3) is 0 Å². The quantitative estimate of drug-likeness (QED) is 0.812. The molecule has 4 heteroatoms. The molecule has 104 valence electrons. The summed E-state index contributed by atoms with van der Waals surface area (Å²) in [5.41, 5.74) is 0. The van der Waals surface area contributed by atoms with Crippen molar-refractivity contribution in [3.05, 3.63) is 0 Å². The van der Waals surface area contributed by atoms with Crippen LogP contribution in [-0.2, 0) is 9.53 Å². The highest BCUT2D eigenvalue weighted by Gasteiger charge is 2.39. The molecule has 1 amide bonds. The van der Waals surface area contributed by atoms with Gasteiger partial charge in [0.15, 0.2) is 0 Å². The molecule has 0 aromatic rings. The maximum atomic E-state index is 12.3. The van der Waals surface area contributed by atoms with Crippen LogP contribution in [0, 0.1) is 5.92 Å². The zero-order valence-electron chi connectivity index (χ0n) is 11.8. The predicted octanol–water partition coefficient (Wildman–Crippen LogP) is 1.75. The smallest absolute Gasteiger partial charge is 0.241 e. The summed E-state index contributed by atoms with van der Waals surface area (Å²) in [6, 6.07) is 0.0253. The van der Waals surface area contributed by atoms with Crippen LogP contribution in [0.15, 0.2) is 0 Å². The Morgan fingerprint density at radius 1 is 1.28 bits per heavy atom. The summed E-state index contributed by atoms with van der Waals surface area (Å²) in [7, 11) is 0. The summed E-state index contributed by atoms with van der Waals surface area (Å²) in [5, 5.41) is 3.43. The van der Waals surface area contributed by atoms with Crippen LogP contribution in [0.4, 0.5) is 0 Å². The Bertz CT molecular complexity index is 296. The molecule has 0 aromatic carbocycles. The van der Waals surface area contributed by atoms with Crippen LogP contribution in [0.2, 0.25) is 0 Å². The summed E-state index contributed by atoms with van der Waals surface area (Å²) in [5.74, 6) is 0.802. The molecule has 0 aromatic heterocycles. The van der Waals surface area contributed by atoms with Gasteiger partial charge < -0.3 is 9.64 Å². The van der Waals surface area contributed by atoms with Crippen LogP contribution < -0.4 is 5.32 Å². The van der Waals surface area contributed by atoms with E-state index in [1.165, 1.54) is 0 Å². The first kappa shape index (κ1) is 13.8. The van der Waals surface area contributed by atoms with E-state index < -0.39 is 0 Å². The fraction of sp³-hybridized carbons (Fsp3) is 0.929. The second-order valence-electron chi connectivity index (χ2n) is 5.41. The molecular weight excluding hydrogens is 228 g/mol. The Balaban J connectivity index is 2.00. The van der Waals surface area contributed by atoms with Crippen LogP contribution in [0.3, 0.4) is 0 Å². The molecule has 4 unspecified atom stereocenters. The Morgan fingerprint density at radius 3 is 2.67 bits per heavy atom. The minimum Gasteiger partial charge on any atom is -0.378 e. The first-order valence-electron chi connectivity index (χ1n) is 7.39. The Hall–Kier alpha value is -0.610. The van der Waals surface area contributed by atoms with Crippen molar-refractivity contribution >= 4 is 5.91 Å². The van der Waals surface area contributed by atoms with Crippen LogP contribution >= 0.6 is 0 Å². The molecular formula is C14H26N2O2. The van der Waals surface area contributed by atoms with Gasteiger partial charge in [0.05, 0.1) is 18.3 Å². The average molecular weight is 254 g/mol. The molecule has 2 aliphatic rings. The molecule has 2 saturated heterocycles. The number of ether oxygens (including phenoxy) is 1. The molecule has 0 bridgehead atoms. The zero-order valence-corrected chi connectivity index (χ0v) is 11.8. The highest BCUT2D eigenvalue weighted by molar-refractivity contribution is 5.84. The third-order valence-corrected chi connectivity index (χ3v) is 4.33. The maximum absolute atomic E-state index is 12.3. The lowest BCUT2D eigenvalue weighted by Gasteiger charge is -2.28. The minimum absolute atomic E-state index is 0.0253. The molecule has 0 aliphatic carbocycles. The van der Waals surface area contributed by atoms with Gasteiger partial charge >= 0.3 is 0 Å². The number of nitrogens with one attached hydrogen (secondary N) is 1. The largest absolute Gasteiger partial charge is 0.378 e. The van der Waals surface area contributed by atoms with E-state index in [2.05, 4.69) is 31.0 Å². The molecule has 0 spiro atoms. The monoisotopic (exact) mass is 254 g/mol. The molecule has 2 rings (SSSR count). The Morgan fingerprint density at radius 2 is 2.06 bits per heavy atom. The minimum atomic E-state index is 0.0253. The lowest BCUT2D eigenvalue weighted by molar-refractivity contribution is -0.131. The van der Waals surface area contributed by atoms with Crippen molar-refractivity contribution in [2.45, 2.75) is 64.8 Å². The van der Waals surface area contributed by atoms with Gasteiger partial charge in [-0.25, -0.2) is 0 Å². The Labute approximate surface area is 110 Å². The number of rotatable bonds is 5. The van der Waals surface area contributed by atoms with Crippen LogP contribution in [0.1, 0.15) is 46.5 Å². The lowest BCUT2D eigenvalue weighted by Crippen LogP contribution is -2.41. The first-order valence-corrected chi connectivity index (χ1v) is 7.39. The third-order valence-electron chi connectivity index (χ3n) is 4.33. The number of carbonyl (C=O) groups excluding carboxylic acids is 1. The summed E-state index contributed by atoms with van der Waals surface area (Å²) in [4.78, 5) is 14.4. The standard InChI is InChI=1S/C14H26N2O2/c1-4-11-14(17)16(13(6-3)15-11)9-10-7-8-18-12(10)5-2/h10-13,15H,4-9H2,1-3H3. The summed E-state index contributed by atoms with van der Waals surface area (Å²) >= 11 is 0. The lowest BCUT2D eigenvalue weighted by atomic mass is 9.98. The molecule has 2 heterocycles. The maximum Gasteiger partial charge on any atom is 0.241 e. The molecule has 1 N–H and O–H groups in total. The predicted molar refractivity (Wildman–Crippen MR) is 71.1 cm³/mol. The van der Waals surface area contributed by atoms with E-state index in [-0.39, 0.29) is 18.1 Å². The Kier molecular flexibility index (Phi) is 4.62. The van der Waals surface area contributed by atoms with Crippen molar-refractivity contribution in [2.75, 3.05) is 13.2 Å². The topological polar surface area (TPSA) is 41.6 Å². The van der Waals surface area contributed by atoms with Crippen molar-refractivity contribution in [1.29, 1.82) is 0 Å². The van der Waals surface area contributed by atoms with Crippen LogP contribution in [0.5, 0.6) is 0 Å². The van der Waals surface area contributed by atoms with Gasteiger partial charge in [-0.2, -0.15) is 0 Å². The summed E-state index contributed by atoms with van der Waals surface area (Å²) in [6.45, 7) is 8.09. The second-order valence-corrected chi connectivity index (χ2v) is 5.41. The van der Waals surface area contributed by atoms with Gasteiger partial charge in [0.25, 0.3) is 0 Å². The van der Waals surface area contributed by atoms with Crippen molar-refractivity contribution < 1.29 is 9.53 Å². The van der Waals surface area contributed by atoms with E-state index in [0.717, 1.165) is 38.8 Å². The number of amides is 1.